The number of primary amides is 1. The molecule has 7 aliphatic rings. The fourth-order valence-electron chi connectivity index (χ4n) is 18.9. The number of carboxylic acids is 1. The number of hydrogen-bond donors (Lipinski definition) is 10. The van der Waals surface area contributed by atoms with Gasteiger partial charge in [0.2, 0.25) is 17.7 Å². The normalized spacial score (nSPS) is 23.7. The number of hydrogen-bond acceptors (Lipinski definition) is 23. The molecule has 14 rings (SSSR count). The van der Waals surface area contributed by atoms with E-state index >= 15 is 0 Å². The summed E-state index contributed by atoms with van der Waals surface area (Å²) in [6.45, 7) is 12.4. The van der Waals surface area contributed by atoms with Crippen LogP contribution in [0, 0.1) is 29.1 Å². The van der Waals surface area contributed by atoms with Crippen LogP contribution in [-0.2, 0) is 82.0 Å². The Hall–Kier alpha value is -10.6. The number of amides is 9. The Bertz CT molecular complexity index is 4800. The van der Waals surface area contributed by atoms with Gasteiger partial charge in [-0.2, -0.15) is 5.10 Å². The molecule has 1 saturated heterocycles. The summed E-state index contributed by atoms with van der Waals surface area (Å²) in [5.41, 5.74) is 10.8. The van der Waals surface area contributed by atoms with Crippen molar-refractivity contribution in [3.63, 3.8) is 0 Å². The average molecular weight is 1630 g/mol. The monoisotopic (exact) mass is 1630 g/mol. The smallest absolute Gasteiger partial charge is 0.410 e. The number of aliphatic hydroxyl groups is 3. The van der Waals surface area contributed by atoms with Gasteiger partial charge in [-0.3, -0.25) is 43.7 Å². The van der Waals surface area contributed by atoms with Crippen molar-refractivity contribution in [3.05, 3.63) is 143 Å². The fraction of sp³-hybridized carbons (Fsp3) is 0.518. The summed E-state index contributed by atoms with van der Waals surface area (Å²) >= 11 is 1.40. The van der Waals surface area contributed by atoms with Gasteiger partial charge in [-0.25, -0.2) is 29.0 Å². The highest BCUT2D eigenvalue weighted by molar-refractivity contribution is 7.22. The first-order valence-electron chi connectivity index (χ1n) is 40.0. The van der Waals surface area contributed by atoms with Gasteiger partial charge in [0.25, 0.3) is 17.7 Å². The van der Waals surface area contributed by atoms with Crippen molar-refractivity contribution in [2.45, 2.75) is 206 Å². The van der Waals surface area contributed by atoms with Crippen molar-refractivity contribution in [3.8, 4) is 11.1 Å². The van der Waals surface area contributed by atoms with Crippen LogP contribution >= 0.6 is 11.3 Å². The molecular weight excluding hydrogens is 1530 g/mol. The van der Waals surface area contributed by atoms with Crippen LogP contribution in [0.1, 0.15) is 160 Å². The number of fused-ring (bicyclic) bond motifs is 2. The molecule has 4 bridgehead atoms. The van der Waals surface area contributed by atoms with Crippen molar-refractivity contribution < 1.29 is 82.5 Å². The molecule has 0 radical (unpaired) electrons. The molecule has 11 N–H and O–H groups in total. The number of unbranched alkanes of at least 4 members (excludes halogenated alkanes) is 2. The summed E-state index contributed by atoms with van der Waals surface area (Å²) < 4.78 is 28.7. The first-order chi connectivity index (χ1) is 56.0. The lowest BCUT2D eigenvalue weighted by molar-refractivity contribution is -0.292. The van der Waals surface area contributed by atoms with Crippen LogP contribution in [0.4, 0.5) is 26.2 Å². The molecule has 9 amide bonds. The largest absolute Gasteiger partial charge is 0.476 e. The van der Waals surface area contributed by atoms with Gasteiger partial charge in [0.05, 0.1) is 40.9 Å². The number of carboxylic acid groups (broad SMARTS) is 1. The maximum absolute atomic E-state index is 14.6. The van der Waals surface area contributed by atoms with Gasteiger partial charge in [0, 0.05) is 106 Å². The maximum atomic E-state index is 14.6. The van der Waals surface area contributed by atoms with Gasteiger partial charge < -0.3 is 76.2 Å². The number of aromatic nitrogens is 7. The Morgan fingerprint density at radius 1 is 0.803 bits per heavy atom. The molecule has 4 saturated carbocycles. The summed E-state index contributed by atoms with van der Waals surface area (Å²) in [7, 11) is 1.32. The molecule has 2 unspecified atom stereocenters. The van der Waals surface area contributed by atoms with Crippen LogP contribution in [-0.4, -0.2) is 213 Å². The van der Waals surface area contributed by atoms with Gasteiger partial charge in [0.1, 0.15) is 48.9 Å². The number of thiazole rings is 1. The number of urea groups is 1. The number of carbonyl (C=O) groups is 9. The van der Waals surface area contributed by atoms with Crippen molar-refractivity contribution in [1.82, 2.24) is 60.5 Å². The lowest BCUT2D eigenvalue weighted by Crippen LogP contribution is -2.64. The summed E-state index contributed by atoms with van der Waals surface area (Å²) in [5, 5.41) is 70.5. The first-order valence-corrected chi connectivity index (χ1v) is 40.8. The van der Waals surface area contributed by atoms with Gasteiger partial charge >= 0.3 is 18.1 Å². The number of nitrogens with one attached hydrogen (secondary N) is 5. The highest BCUT2D eigenvalue weighted by Gasteiger charge is 2.66. The minimum Gasteiger partial charge on any atom is -0.476 e. The SMILES string of the molecule is CO[C@H]1O[C@@H](Cn2cc(CCCN(CCOC34CC5(C)CC(C)(CC(Cn6ncc(-c7ccc(N8CCc9cccc(C(=O)Nc%10nc%11ccccc%11s%10)c9C8)nc7C(=O)O)c6C)(C5)C3)C4)C(=O)OCc3ccc(NC(=O)[C@H](CCCNC(N)=O)NC(=O)[C@@H](NC(=O)CCCCCN4C(=O)C=CC4=O)C(C)C)cc3)nn2)[C@H](O)[C@@H](O)[C@@H]1O. The quantitative estimate of drug-likeness (QED) is 0.0136. The number of carbonyl (C=O) groups excluding carboxylic acids is 8. The third-order valence-corrected chi connectivity index (χ3v) is 24.3. The predicted molar refractivity (Wildman–Crippen MR) is 430 cm³/mol. The lowest BCUT2D eigenvalue weighted by atomic mass is 9.39. The number of pyridine rings is 1. The molecule has 3 aliphatic heterocycles. The molecule has 7 aromatic rings. The van der Waals surface area contributed by atoms with Crippen molar-refractivity contribution >= 4 is 91.7 Å². The minimum atomic E-state index is -1.53. The Morgan fingerprint density at radius 2 is 1.56 bits per heavy atom. The van der Waals surface area contributed by atoms with Crippen LogP contribution in [0.5, 0.6) is 0 Å². The van der Waals surface area contributed by atoms with E-state index in [1.807, 2.05) is 59.0 Å². The standard InChI is InChI=1S/C83H104N16O17S/c1-49(2)67(91-64(100)21-8-7-11-33-98-65(101)28-29-66(98)102)74(108)88-60(19-13-31-85-77(84)111)73(107)87-53-24-22-51(23-25-53)41-114-79(112)95(32-14-16-54-38-97(94-93-54)40-61-69(103)70(104)71(105)76(113-6)116-61)35-36-115-83-45-80(4)42-81(5,46-83)44-82(43-80,47-83)48-99-50(3)57(37-86-99)55-26-27-63(90-68(55)75(109)110)96-34-30-52-15-12-17-56(58(52)39-96)72(106)92-78-89-59-18-9-10-20-62(59)117-78/h9-10,12,15,17-18,20,22-29,37-38,49,60-61,67,69-71,76,103-105H,7-8,11,13-14,16,19,21,30-36,39-48H2,1-6H3,(H,87,107)(H,88,108)(H,91,100)(H,109,110)(H3,84,85,111)(H,89,92,106)/t60-,61-,67-,69-,70+,71-,76-,80?,81?,82?,83?/m0/s1. The van der Waals surface area contributed by atoms with Gasteiger partial charge in [-0.1, -0.05) is 87.1 Å². The van der Waals surface area contributed by atoms with E-state index < -0.39 is 78.3 Å². The second-order valence-electron chi connectivity index (χ2n) is 33.2. The number of benzene rings is 3. The van der Waals surface area contributed by atoms with Gasteiger partial charge in [-0.05, 0) is 172 Å². The maximum Gasteiger partial charge on any atom is 0.410 e. The van der Waals surface area contributed by atoms with Crippen LogP contribution < -0.4 is 37.2 Å². The van der Waals surface area contributed by atoms with Crippen molar-refractivity contribution in [1.29, 1.82) is 0 Å². The molecule has 4 aromatic heterocycles. The van der Waals surface area contributed by atoms with E-state index in [9.17, 15) is 63.6 Å². The number of ether oxygens (including phenoxy) is 4. The zero-order valence-electron chi connectivity index (χ0n) is 66.7. The van der Waals surface area contributed by atoms with E-state index in [0.717, 1.165) is 70.5 Å². The number of nitrogens with two attached hydrogens (primary N) is 1. The molecule has 3 aromatic carbocycles. The summed E-state index contributed by atoms with van der Waals surface area (Å²) in [4.78, 5) is 133. The highest BCUT2D eigenvalue weighted by Crippen LogP contribution is 2.72. The number of anilines is 3. The summed E-state index contributed by atoms with van der Waals surface area (Å²) in [6.07, 6.45) is 7.17. The number of methoxy groups -OCH3 is 1. The molecule has 7 heterocycles. The minimum absolute atomic E-state index is 0.0148. The van der Waals surface area contributed by atoms with Crippen LogP contribution in [0.25, 0.3) is 21.3 Å². The van der Waals surface area contributed by atoms with Crippen LogP contribution in [0.2, 0.25) is 0 Å². The third kappa shape index (κ3) is 20.0. The van der Waals surface area contributed by atoms with Crippen molar-refractivity contribution in [2.24, 2.45) is 27.9 Å². The van der Waals surface area contributed by atoms with E-state index in [1.54, 1.807) is 67.5 Å². The summed E-state index contributed by atoms with van der Waals surface area (Å²) in [6, 6.07) is 20.8. The second-order valence-corrected chi connectivity index (χ2v) is 34.2. The number of aliphatic hydroxyl groups excluding tert-OH is 3. The number of nitrogens with zero attached hydrogens (tertiary/aromatic N) is 10. The fourth-order valence-corrected chi connectivity index (χ4v) is 19.8. The van der Waals surface area contributed by atoms with Gasteiger partial charge in [0.15, 0.2) is 17.1 Å². The predicted octanol–water partition coefficient (Wildman–Crippen LogP) is 7.33. The highest BCUT2D eigenvalue weighted by atomic mass is 32.1. The Morgan fingerprint density at radius 3 is 2.29 bits per heavy atom. The molecule has 33 nitrogen and oxygen atoms in total. The first kappa shape index (κ1) is 84.3. The second kappa shape index (κ2) is 36.1. The Labute approximate surface area is 680 Å². The van der Waals surface area contributed by atoms with Gasteiger partial charge in [-0.15, -0.1) is 5.10 Å². The molecule has 0 spiro atoms. The topological polar surface area (TPSA) is 442 Å². The number of rotatable bonds is 36. The molecule has 4 aliphatic carbocycles. The van der Waals surface area contributed by atoms with Crippen molar-refractivity contribution in [2.75, 3.05) is 62.0 Å². The lowest BCUT2D eigenvalue weighted by Gasteiger charge is -2.69. The Kier molecular flexibility index (Phi) is 26.0. The molecule has 117 heavy (non-hydrogen) atoms. The zero-order valence-corrected chi connectivity index (χ0v) is 67.5. The Balaban J connectivity index is 0.657. The van der Waals surface area contributed by atoms with E-state index in [0.29, 0.717) is 103 Å². The summed E-state index contributed by atoms with van der Waals surface area (Å²) in [5.74, 6) is -3.69. The van der Waals surface area contributed by atoms with E-state index in [2.05, 4.69) is 55.7 Å². The van der Waals surface area contributed by atoms with Crippen LogP contribution in [0.15, 0.2) is 103 Å². The number of aryl methyl sites for hydroxylation is 1. The molecular formula is C83H104N16O17S. The molecule has 9 atom stereocenters. The number of aromatic carboxylic acids is 1. The molecule has 34 heteroatoms. The number of para-hydroxylation sites is 1. The molecule has 624 valence electrons. The van der Waals surface area contributed by atoms with E-state index in [-0.39, 0.29) is 117 Å². The number of imide groups is 1. The molecule has 5 fully saturated rings. The third-order valence-electron chi connectivity index (χ3n) is 23.3. The van der Waals surface area contributed by atoms with Crippen LogP contribution in [0.3, 0.4) is 0 Å². The average Bonchev–Trinajstić information content (AvgIpc) is 0.767. The van der Waals surface area contributed by atoms with E-state index in [4.69, 9.17) is 34.8 Å². The zero-order chi connectivity index (χ0) is 83.1. The van der Waals surface area contributed by atoms with E-state index in [1.165, 1.54) is 35.3 Å².